The molecule has 0 saturated carbocycles. The highest BCUT2D eigenvalue weighted by Gasteiger charge is 2.42. The predicted molar refractivity (Wildman–Crippen MR) is 87.3 cm³/mol. The van der Waals surface area contributed by atoms with Gasteiger partial charge in [0.15, 0.2) is 5.65 Å². The Morgan fingerprint density at radius 3 is 2.73 bits per heavy atom. The van der Waals surface area contributed by atoms with E-state index in [4.69, 9.17) is 4.74 Å². The summed E-state index contributed by atoms with van der Waals surface area (Å²) >= 11 is 3.50. The number of amides is 1. The van der Waals surface area contributed by atoms with Gasteiger partial charge in [-0.15, -0.1) is 0 Å². The minimum absolute atomic E-state index is 0.237. The van der Waals surface area contributed by atoms with Crippen LogP contribution in [0, 0.1) is 0 Å². The molecule has 0 unspecified atom stereocenters. The fraction of sp³-hybridized carbons (Fsp3) is 0.533. The second-order valence-electron chi connectivity index (χ2n) is 7.17. The number of rotatable bonds is 0. The number of hydrogen-bond acceptors (Lipinski definition) is 4. The number of halogens is 1. The van der Waals surface area contributed by atoms with Crippen LogP contribution in [0.5, 0.6) is 0 Å². The number of hydrogen-bond donors (Lipinski definition) is 0. The van der Waals surface area contributed by atoms with Gasteiger partial charge < -0.3 is 4.74 Å². The summed E-state index contributed by atoms with van der Waals surface area (Å²) in [4.78, 5) is 18.5. The lowest BCUT2D eigenvalue weighted by atomic mass is 9.91. The molecule has 0 fully saturated rings. The van der Waals surface area contributed by atoms with Gasteiger partial charge in [-0.2, -0.15) is 5.10 Å². The van der Waals surface area contributed by atoms with Gasteiger partial charge >= 0.3 is 6.09 Å². The standard InChI is InChI=1S/C15H19BrN4O2/c1-14(2,3)22-13(21)19-7-15(4,5)11-10(19)6-9(16)12-17-8-18-20(11)12/h6,8H,7H2,1-5H3. The molecule has 7 heteroatoms. The van der Waals surface area contributed by atoms with Crippen LogP contribution in [0.1, 0.15) is 40.3 Å². The van der Waals surface area contributed by atoms with Gasteiger partial charge in [-0.1, -0.05) is 13.8 Å². The fourth-order valence-corrected chi connectivity index (χ4v) is 3.29. The molecule has 118 valence electrons. The number of ether oxygens (including phenoxy) is 1. The summed E-state index contributed by atoms with van der Waals surface area (Å²) in [7, 11) is 0. The first kappa shape index (κ1) is 15.3. The van der Waals surface area contributed by atoms with E-state index in [2.05, 4.69) is 39.9 Å². The molecule has 6 nitrogen and oxygen atoms in total. The van der Waals surface area contributed by atoms with Gasteiger partial charge in [-0.3, -0.25) is 4.90 Å². The molecular formula is C15H19BrN4O2. The van der Waals surface area contributed by atoms with E-state index in [-0.39, 0.29) is 11.5 Å². The van der Waals surface area contributed by atoms with E-state index in [1.165, 1.54) is 6.33 Å². The molecule has 1 aliphatic rings. The average Bonchev–Trinajstić information content (AvgIpc) is 2.90. The SMILES string of the molecule is CC(C)(C)OC(=O)N1CC(C)(C)c2c1cc(Br)c1ncnn21. The fourth-order valence-electron chi connectivity index (χ4n) is 2.80. The molecule has 0 radical (unpaired) electrons. The number of carbonyl (C=O) groups is 1. The second-order valence-corrected chi connectivity index (χ2v) is 8.03. The van der Waals surface area contributed by atoms with Gasteiger partial charge in [-0.05, 0) is 42.8 Å². The van der Waals surface area contributed by atoms with Crippen LogP contribution in [-0.4, -0.2) is 32.8 Å². The number of aromatic nitrogens is 3. The molecule has 0 N–H and O–H groups in total. The van der Waals surface area contributed by atoms with Crippen molar-refractivity contribution >= 4 is 33.4 Å². The maximum absolute atomic E-state index is 12.5. The van der Waals surface area contributed by atoms with Crippen molar-refractivity contribution in [3.05, 3.63) is 22.6 Å². The first-order valence-electron chi connectivity index (χ1n) is 7.13. The molecule has 1 aliphatic heterocycles. The zero-order valence-corrected chi connectivity index (χ0v) is 14.9. The molecule has 2 aromatic rings. The van der Waals surface area contributed by atoms with Gasteiger partial charge in [-0.25, -0.2) is 14.3 Å². The van der Waals surface area contributed by atoms with Crippen LogP contribution in [0.15, 0.2) is 16.9 Å². The minimum Gasteiger partial charge on any atom is -0.443 e. The van der Waals surface area contributed by atoms with Crippen LogP contribution in [0.4, 0.5) is 10.5 Å². The lowest BCUT2D eigenvalue weighted by molar-refractivity contribution is 0.0579. The van der Waals surface area contributed by atoms with Crippen molar-refractivity contribution in [2.45, 2.75) is 45.6 Å². The van der Waals surface area contributed by atoms with E-state index < -0.39 is 5.60 Å². The van der Waals surface area contributed by atoms with Crippen LogP contribution in [0.2, 0.25) is 0 Å². The Morgan fingerprint density at radius 2 is 2.09 bits per heavy atom. The van der Waals surface area contributed by atoms with Crippen molar-refractivity contribution in [1.82, 2.24) is 14.6 Å². The van der Waals surface area contributed by atoms with E-state index in [0.717, 1.165) is 21.5 Å². The molecule has 22 heavy (non-hydrogen) atoms. The molecule has 3 heterocycles. The quantitative estimate of drug-likeness (QED) is 0.715. The second kappa shape index (κ2) is 4.68. The average molecular weight is 367 g/mol. The third kappa shape index (κ3) is 2.37. The van der Waals surface area contributed by atoms with Crippen molar-refractivity contribution in [3.8, 4) is 0 Å². The number of pyridine rings is 1. The molecular weight excluding hydrogens is 348 g/mol. The first-order valence-corrected chi connectivity index (χ1v) is 7.93. The summed E-state index contributed by atoms with van der Waals surface area (Å²) in [5, 5.41) is 4.31. The zero-order valence-electron chi connectivity index (χ0n) is 13.3. The molecule has 0 spiro atoms. The maximum atomic E-state index is 12.5. The zero-order chi connectivity index (χ0) is 16.3. The molecule has 1 amide bonds. The predicted octanol–water partition coefficient (Wildman–Crippen LogP) is 3.52. The Kier molecular flexibility index (Phi) is 3.25. The van der Waals surface area contributed by atoms with Crippen molar-refractivity contribution in [2.24, 2.45) is 0 Å². The van der Waals surface area contributed by atoms with E-state index in [1.54, 1.807) is 9.42 Å². The Bertz CT molecular complexity index is 761. The Labute approximate surface area is 137 Å². The summed E-state index contributed by atoms with van der Waals surface area (Å²) in [5.74, 6) is 0. The largest absolute Gasteiger partial charge is 0.443 e. The van der Waals surface area contributed by atoms with E-state index in [9.17, 15) is 4.79 Å². The molecule has 0 aromatic carbocycles. The Balaban J connectivity index is 2.14. The van der Waals surface area contributed by atoms with E-state index in [0.29, 0.717) is 6.54 Å². The van der Waals surface area contributed by atoms with Crippen LogP contribution in [-0.2, 0) is 10.2 Å². The summed E-state index contributed by atoms with van der Waals surface area (Å²) < 4.78 is 8.13. The van der Waals surface area contributed by atoms with Gasteiger partial charge in [0.05, 0.1) is 15.9 Å². The summed E-state index contributed by atoms with van der Waals surface area (Å²) in [6, 6.07) is 1.91. The summed E-state index contributed by atoms with van der Waals surface area (Å²) in [6.07, 6.45) is 1.18. The molecule has 3 rings (SSSR count). The van der Waals surface area contributed by atoms with Gasteiger partial charge in [0.25, 0.3) is 0 Å². The van der Waals surface area contributed by atoms with Crippen molar-refractivity contribution in [1.29, 1.82) is 0 Å². The molecule has 0 atom stereocenters. The third-order valence-corrected chi connectivity index (χ3v) is 4.16. The van der Waals surface area contributed by atoms with Crippen LogP contribution < -0.4 is 4.90 Å². The number of fused-ring (bicyclic) bond motifs is 3. The van der Waals surface area contributed by atoms with Gasteiger partial charge in [0, 0.05) is 12.0 Å². The molecule has 0 bridgehead atoms. The lowest BCUT2D eigenvalue weighted by Crippen LogP contribution is -2.38. The van der Waals surface area contributed by atoms with E-state index in [1.807, 2.05) is 26.8 Å². The monoisotopic (exact) mass is 366 g/mol. The summed E-state index contributed by atoms with van der Waals surface area (Å²) in [6.45, 7) is 10.3. The highest BCUT2D eigenvalue weighted by atomic mass is 79.9. The van der Waals surface area contributed by atoms with Crippen LogP contribution >= 0.6 is 15.9 Å². The van der Waals surface area contributed by atoms with Crippen molar-refractivity contribution < 1.29 is 9.53 Å². The highest BCUT2D eigenvalue weighted by molar-refractivity contribution is 9.10. The first-order chi connectivity index (χ1) is 10.1. The lowest BCUT2D eigenvalue weighted by Gasteiger charge is -2.25. The molecule has 0 aliphatic carbocycles. The number of anilines is 1. The smallest absolute Gasteiger partial charge is 0.414 e. The third-order valence-electron chi connectivity index (χ3n) is 3.58. The normalized spacial score (nSPS) is 16.9. The highest BCUT2D eigenvalue weighted by Crippen LogP contribution is 2.42. The summed E-state index contributed by atoms with van der Waals surface area (Å²) in [5.41, 5.74) is 1.76. The van der Waals surface area contributed by atoms with Crippen molar-refractivity contribution in [2.75, 3.05) is 11.4 Å². The Hall–Kier alpha value is -1.63. The van der Waals surface area contributed by atoms with Crippen LogP contribution in [0.3, 0.4) is 0 Å². The van der Waals surface area contributed by atoms with Crippen LogP contribution in [0.25, 0.3) is 5.65 Å². The van der Waals surface area contributed by atoms with Gasteiger partial charge in [0.2, 0.25) is 0 Å². The minimum atomic E-state index is -0.529. The topological polar surface area (TPSA) is 59.7 Å². The number of nitrogens with zero attached hydrogens (tertiary/aromatic N) is 4. The number of carbonyl (C=O) groups excluding carboxylic acids is 1. The van der Waals surface area contributed by atoms with Crippen molar-refractivity contribution in [3.63, 3.8) is 0 Å². The van der Waals surface area contributed by atoms with E-state index >= 15 is 0 Å². The van der Waals surface area contributed by atoms with Gasteiger partial charge in [0.1, 0.15) is 11.9 Å². The molecule has 2 aromatic heterocycles. The molecule has 0 saturated heterocycles. The maximum Gasteiger partial charge on any atom is 0.414 e. The Morgan fingerprint density at radius 1 is 1.41 bits per heavy atom.